The van der Waals surface area contributed by atoms with Crippen LogP contribution in [0.15, 0.2) is 42.5 Å². The van der Waals surface area contributed by atoms with Crippen molar-refractivity contribution in [2.24, 2.45) is 0 Å². The second kappa shape index (κ2) is 7.97. The van der Waals surface area contributed by atoms with Gasteiger partial charge in [-0.1, -0.05) is 24.8 Å². The van der Waals surface area contributed by atoms with Gasteiger partial charge in [-0.15, -0.1) is 11.6 Å². The van der Waals surface area contributed by atoms with Crippen molar-refractivity contribution in [1.29, 1.82) is 0 Å². The SMILES string of the molecule is C=C(CCl)COc1cccc2ccc(C(=O)N(CC)CC)nc12. The number of amides is 1. The number of rotatable bonds is 7. The summed E-state index contributed by atoms with van der Waals surface area (Å²) in [7, 11) is 0. The highest BCUT2D eigenvalue weighted by molar-refractivity contribution is 6.19. The number of benzene rings is 1. The quantitative estimate of drug-likeness (QED) is 0.570. The number of halogens is 1. The van der Waals surface area contributed by atoms with Crippen LogP contribution in [0.25, 0.3) is 10.9 Å². The molecule has 122 valence electrons. The van der Waals surface area contributed by atoms with Gasteiger partial charge in [-0.25, -0.2) is 4.98 Å². The molecule has 0 saturated carbocycles. The minimum atomic E-state index is -0.0723. The summed E-state index contributed by atoms with van der Waals surface area (Å²) >= 11 is 5.72. The minimum Gasteiger partial charge on any atom is -0.487 e. The fourth-order valence-corrected chi connectivity index (χ4v) is 2.32. The molecule has 0 spiro atoms. The van der Waals surface area contributed by atoms with E-state index in [1.807, 2.05) is 38.1 Å². The molecule has 0 fully saturated rings. The van der Waals surface area contributed by atoms with E-state index in [-0.39, 0.29) is 5.91 Å². The van der Waals surface area contributed by atoms with Crippen molar-refractivity contribution in [2.45, 2.75) is 13.8 Å². The van der Waals surface area contributed by atoms with Gasteiger partial charge < -0.3 is 9.64 Å². The number of ether oxygens (including phenoxy) is 1. The number of alkyl halides is 1. The minimum absolute atomic E-state index is 0.0723. The first kappa shape index (κ1) is 17.3. The molecule has 0 radical (unpaired) electrons. The second-order valence-electron chi connectivity index (χ2n) is 5.17. The number of carbonyl (C=O) groups excluding carboxylic acids is 1. The molecule has 1 amide bonds. The van der Waals surface area contributed by atoms with Crippen LogP contribution in [0.1, 0.15) is 24.3 Å². The highest BCUT2D eigenvalue weighted by atomic mass is 35.5. The van der Waals surface area contributed by atoms with Crippen molar-refractivity contribution in [2.75, 3.05) is 25.6 Å². The van der Waals surface area contributed by atoms with E-state index in [9.17, 15) is 4.79 Å². The van der Waals surface area contributed by atoms with Crippen molar-refractivity contribution in [3.8, 4) is 5.75 Å². The Balaban J connectivity index is 2.36. The van der Waals surface area contributed by atoms with Gasteiger partial charge in [0.1, 0.15) is 23.6 Å². The third-order valence-corrected chi connectivity index (χ3v) is 3.95. The van der Waals surface area contributed by atoms with E-state index in [0.29, 0.717) is 42.5 Å². The summed E-state index contributed by atoms with van der Waals surface area (Å²) in [4.78, 5) is 18.7. The van der Waals surface area contributed by atoms with Crippen molar-refractivity contribution >= 4 is 28.4 Å². The van der Waals surface area contributed by atoms with Gasteiger partial charge in [-0.05, 0) is 31.6 Å². The second-order valence-corrected chi connectivity index (χ2v) is 5.44. The molecule has 0 saturated heterocycles. The Morgan fingerprint density at radius 2 is 2.00 bits per heavy atom. The maximum Gasteiger partial charge on any atom is 0.272 e. The van der Waals surface area contributed by atoms with Crippen molar-refractivity contribution < 1.29 is 9.53 Å². The molecule has 0 aliphatic heterocycles. The zero-order chi connectivity index (χ0) is 16.8. The Hall–Kier alpha value is -2.07. The zero-order valence-electron chi connectivity index (χ0n) is 13.5. The lowest BCUT2D eigenvalue weighted by molar-refractivity contribution is 0.0767. The molecule has 2 rings (SSSR count). The first-order valence-electron chi connectivity index (χ1n) is 7.65. The number of carbonyl (C=O) groups is 1. The standard InChI is InChI=1S/C18H21ClN2O2/c1-4-21(5-2)18(22)15-10-9-14-7-6-8-16(17(14)20-15)23-12-13(3)11-19/h6-10H,3-5,11-12H2,1-2H3. The highest BCUT2D eigenvalue weighted by Gasteiger charge is 2.15. The number of aromatic nitrogens is 1. The number of fused-ring (bicyclic) bond motifs is 1. The predicted octanol–water partition coefficient (Wildman–Crippen LogP) is 3.89. The summed E-state index contributed by atoms with van der Waals surface area (Å²) < 4.78 is 5.75. The Bertz CT molecular complexity index is 711. The Kier molecular flexibility index (Phi) is 5.99. The summed E-state index contributed by atoms with van der Waals surface area (Å²) in [5, 5.41) is 0.926. The number of hydrogen-bond donors (Lipinski definition) is 0. The molecular weight excluding hydrogens is 312 g/mol. The fraction of sp³-hybridized carbons (Fsp3) is 0.333. The monoisotopic (exact) mass is 332 g/mol. The Morgan fingerprint density at radius 3 is 2.65 bits per heavy atom. The summed E-state index contributed by atoms with van der Waals surface area (Å²) in [6.07, 6.45) is 0. The van der Waals surface area contributed by atoms with Crippen LogP contribution in [0.2, 0.25) is 0 Å². The maximum atomic E-state index is 12.5. The van der Waals surface area contributed by atoms with Gasteiger partial charge in [-0.2, -0.15) is 0 Å². The van der Waals surface area contributed by atoms with Crippen molar-refractivity contribution in [3.05, 3.63) is 48.2 Å². The van der Waals surface area contributed by atoms with E-state index < -0.39 is 0 Å². The van der Waals surface area contributed by atoms with E-state index in [1.54, 1.807) is 11.0 Å². The Labute approximate surface area is 141 Å². The normalized spacial score (nSPS) is 10.6. The van der Waals surface area contributed by atoms with Gasteiger partial charge in [-0.3, -0.25) is 4.79 Å². The van der Waals surface area contributed by atoms with Gasteiger partial charge in [0.2, 0.25) is 0 Å². The molecule has 1 aromatic carbocycles. The molecule has 0 unspecified atom stereocenters. The fourth-order valence-electron chi connectivity index (χ4n) is 2.25. The van der Waals surface area contributed by atoms with E-state index in [0.717, 1.165) is 11.0 Å². The number of para-hydroxylation sites is 1. The number of nitrogens with zero attached hydrogens (tertiary/aromatic N) is 2. The predicted molar refractivity (Wildman–Crippen MR) is 94.3 cm³/mol. The first-order chi connectivity index (χ1) is 11.1. The highest BCUT2D eigenvalue weighted by Crippen LogP contribution is 2.24. The molecule has 0 aliphatic carbocycles. The molecule has 4 nitrogen and oxygen atoms in total. The molecule has 0 N–H and O–H groups in total. The number of hydrogen-bond acceptors (Lipinski definition) is 3. The van der Waals surface area contributed by atoms with Gasteiger partial charge in [0.25, 0.3) is 5.91 Å². The maximum absolute atomic E-state index is 12.5. The van der Waals surface area contributed by atoms with E-state index in [2.05, 4.69) is 11.6 Å². The van der Waals surface area contributed by atoms with E-state index in [4.69, 9.17) is 16.3 Å². The molecule has 0 atom stereocenters. The van der Waals surface area contributed by atoms with Crippen LogP contribution in [-0.2, 0) is 0 Å². The van der Waals surface area contributed by atoms with Gasteiger partial charge >= 0.3 is 0 Å². The van der Waals surface area contributed by atoms with Crippen molar-refractivity contribution in [1.82, 2.24) is 9.88 Å². The third kappa shape index (κ3) is 4.02. The lowest BCUT2D eigenvalue weighted by Gasteiger charge is -2.18. The molecule has 1 aromatic heterocycles. The van der Waals surface area contributed by atoms with Crippen LogP contribution < -0.4 is 4.74 Å². The van der Waals surface area contributed by atoms with Crippen LogP contribution in [-0.4, -0.2) is 41.4 Å². The third-order valence-electron chi connectivity index (χ3n) is 3.57. The summed E-state index contributed by atoms with van der Waals surface area (Å²) in [6.45, 7) is 9.37. The van der Waals surface area contributed by atoms with E-state index >= 15 is 0 Å². The van der Waals surface area contributed by atoms with Gasteiger partial charge in [0.15, 0.2) is 0 Å². The summed E-state index contributed by atoms with van der Waals surface area (Å²) in [5.74, 6) is 0.906. The van der Waals surface area contributed by atoms with Crippen molar-refractivity contribution in [3.63, 3.8) is 0 Å². The lowest BCUT2D eigenvalue weighted by atomic mass is 10.2. The molecule has 0 aliphatic rings. The molecule has 1 heterocycles. The molecule has 23 heavy (non-hydrogen) atoms. The zero-order valence-corrected chi connectivity index (χ0v) is 14.3. The lowest BCUT2D eigenvalue weighted by Crippen LogP contribution is -2.31. The summed E-state index contributed by atoms with van der Waals surface area (Å²) in [5.41, 5.74) is 1.89. The van der Waals surface area contributed by atoms with E-state index in [1.165, 1.54) is 0 Å². The topological polar surface area (TPSA) is 42.4 Å². The Morgan fingerprint density at radius 1 is 1.26 bits per heavy atom. The van der Waals surface area contributed by atoms with Gasteiger partial charge in [0, 0.05) is 24.4 Å². The molecule has 5 heteroatoms. The molecule has 0 bridgehead atoms. The number of pyridine rings is 1. The smallest absolute Gasteiger partial charge is 0.272 e. The average Bonchev–Trinajstić information content (AvgIpc) is 2.59. The largest absolute Gasteiger partial charge is 0.487 e. The molecule has 2 aromatic rings. The van der Waals surface area contributed by atoms with Crippen LogP contribution in [0.4, 0.5) is 0 Å². The average molecular weight is 333 g/mol. The van der Waals surface area contributed by atoms with Crippen LogP contribution in [0.5, 0.6) is 5.75 Å². The summed E-state index contributed by atoms with van der Waals surface area (Å²) in [6, 6.07) is 9.32. The first-order valence-corrected chi connectivity index (χ1v) is 8.18. The van der Waals surface area contributed by atoms with Gasteiger partial charge in [0.05, 0.1) is 0 Å². The van der Waals surface area contributed by atoms with Crippen LogP contribution in [0, 0.1) is 0 Å². The van der Waals surface area contributed by atoms with Crippen LogP contribution in [0.3, 0.4) is 0 Å². The van der Waals surface area contributed by atoms with Crippen LogP contribution >= 0.6 is 11.6 Å². The molecular formula is C18H21ClN2O2.